The zero-order chi connectivity index (χ0) is 24.6. The van der Waals surface area contributed by atoms with Gasteiger partial charge in [0.05, 0.1) is 25.4 Å². The first kappa shape index (κ1) is 21.9. The molecule has 4 aromatic heterocycles. The molecule has 6 rings (SSSR count). The first-order valence-corrected chi connectivity index (χ1v) is 11.3. The number of aliphatic hydroxyl groups is 1. The Morgan fingerprint density at radius 3 is 2.75 bits per heavy atom. The topological polar surface area (TPSA) is 169 Å². The van der Waals surface area contributed by atoms with E-state index in [1.807, 2.05) is 9.80 Å². The number of carbonyl (C=O) groups is 1. The van der Waals surface area contributed by atoms with Crippen LogP contribution in [0.5, 0.6) is 0 Å². The number of rotatable bonds is 5. The third-order valence-electron chi connectivity index (χ3n) is 5.81. The number of amides is 1. The van der Waals surface area contributed by atoms with Crippen LogP contribution in [0.4, 0.5) is 23.3 Å². The van der Waals surface area contributed by atoms with Crippen LogP contribution in [0.25, 0.3) is 22.8 Å². The van der Waals surface area contributed by atoms with Crippen molar-refractivity contribution in [2.75, 3.05) is 60.2 Å². The predicted molar refractivity (Wildman–Crippen MR) is 130 cm³/mol. The highest BCUT2D eigenvalue weighted by atomic mass is 16.5. The largest absolute Gasteiger partial charge is 0.511 e. The molecule has 13 heteroatoms. The molecule has 0 aliphatic carbocycles. The molecule has 0 spiro atoms. The summed E-state index contributed by atoms with van der Waals surface area (Å²) < 4.78 is 16.8. The van der Waals surface area contributed by atoms with E-state index in [9.17, 15) is 9.90 Å². The fourth-order valence-corrected chi connectivity index (χ4v) is 4.02. The molecular weight excluding hydrogens is 468 g/mol. The summed E-state index contributed by atoms with van der Waals surface area (Å²) in [6, 6.07) is 7.15. The van der Waals surface area contributed by atoms with Crippen LogP contribution in [-0.2, 0) is 4.74 Å². The van der Waals surface area contributed by atoms with Gasteiger partial charge in [-0.1, -0.05) is 6.07 Å². The SMILES string of the molecule is Nc1cccc(-c2nc(C(=O)Nc3cc4oc(N5CCOCC5)nc4nc3N3CC=C(O)C3)co2)n1. The predicted octanol–water partition coefficient (Wildman–Crippen LogP) is 2.21. The van der Waals surface area contributed by atoms with Gasteiger partial charge in [0.2, 0.25) is 11.5 Å². The van der Waals surface area contributed by atoms with Gasteiger partial charge in [0.25, 0.3) is 11.9 Å². The number of carbonyl (C=O) groups excluding carboxylic acids is 1. The van der Waals surface area contributed by atoms with Crippen molar-refractivity contribution in [2.45, 2.75) is 0 Å². The molecular formula is C23H22N8O5. The Morgan fingerprint density at radius 2 is 1.97 bits per heavy atom. The molecule has 4 N–H and O–H groups in total. The van der Waals surface area contributed by atoms with E-state index in [4.69, 9.17) is 19.3 Å². The lowest BCUT2D eigenvalue weighted by Gasteiger charge is -2.24. The second-order valence-electron chi connectivity index (χ2n) is 8.29. The van der Waals surface area contributed by atoms with Crippen molar-refractivity contribution < 1.29 is 23.5 Å². The number of morpholine rings is 1. The zero-order valence-corrected chi connectivity index (χ0v) is 19.0. The van der Waals surface area contributed by atoms with Gasteiger partial charge in [0.1, 0.15) is 23.5 Å². The van der Waals surface area contributed by atoms with E-state index in [-0.39, 0.29) is 23.9 Å². The Bertz CT molecular complexity index is 1470. The van der Waals surface area contributed by atoms with Crippen LogP contribution in [-0.4, -0.2) is 70.3 Å². The molecule has 0 saturated carbocycles. The summed E-state index contributed by atoms with van der Waals surface area (Å²) in [7, 11) is 0. The van der Waals surface area contributed by atoms with E-state index in [1.54, 1.807) is 30.3 Å². The first-order valence-electron chi connectivity index (χ1n) is 11.3. The van der Waals surface area contributed by atoms with Gasteiger partial charge in [-0.15, -0.1) is 0 Å². The van der Waals surface area contributed by atoms with Crippen molar-refractivity contribution in [3.05, 3.63) is 48.1 Å². The van der Waals surface area contributed by atoms with Crippen LogP contribution in [0.3, 0.4) is 0 Å². The van der Waals surface area contributed by atoms with Crippen molar-refractivity contribution >= 4 is 40.5 Å². The number of nitrogens with one attached hydrogen (secondary N) is 1. The maximum atomic E-state index is 13.1. The molecule has 0 unspecified atom stereocenters. The minimum Gasteiger partial charge on any atom is -0.511 e. The molecule has 13 nitrogen and oxygen atoms in total. The Morgan fingerprint density at radius 1 is 1.11 bits per heavy atom. The summed E-state index contributed by atoms with van der Waals surface area (Å²) in [5.74, 6) is 0.630. The number of hydrogen-bond donors (Lipinski definition) is 3. The van der Waals surface area contributed by atoms with Gasteiger partial charge in [-0.3, -0.25) is 4.79 Å². The number of anilines is 4. The zero-order valence-electron chi connectivity index (χ0n) is 19.0. The quantitative estimate of drug-likeness (QED) is 0.373. The van der Waals surface area contributed by atoms with Gasteiger partial charge in [-0.2, -0.15) is 4.98 Å². The number of oxazole rings is 2. The summed E-state index contributed by atoms with van der Waals surface area (Å²) in [6.07, 6.45) is 2.93. The Hall–Kier alpha value is -4.65. The first-order chi connectivity index (χ1) is 17.5. The van der Waals surface area contributed by atoms with Crippen LogP contribution >= 0.6 is 0 Å². The Kier molecular flexibility index (Phi) is 5.37. The number of nitrogens with two attached hydrogens (primary N) is 1. The Balaban J connectivity index is 1.31. The molecule has 36 heavy (non-hydrogen) atoms. The van der Waals surface area contributed by atoms with E-state index >= 15 is 0 Å². The molecule has 2 aliphatic heterocycles. The molecule has 4 aromatic rings. The molecule has 6 heterocycles. The lowest BCUT2D eigenvalue weighted by Crippen LogP contribution is -2.36. The van der Waals surface area contributed by atoms with E-state index in [0.29, 0.717) is 73.1 Å². The van der Waals surface area contributed by atoms with E-state index in [2.05, 4.69) is 25.3 Å². The van der Waals surface area contributed by atoms with Crippen molar-refractivity contribution in [3.8, 4) is 11.6 Å². The summed E-state index contributed by atoms with van der Waals surface area (Å²) in [5, 5.41) is 12.8. The highest BCUT2D eigenvalue weighted by Gasteiger charge is 2.25. The number of aromatic nitrogens is 4. The lowest BCUT2D eigenvalue weighted by molar-refractivity contribution is 0.102. The molecule has 0 aromatic carbocycles. The third kappa shape index (κ3) is 4.15. The number of hydrogen-bond acceptors (Lipinski definition) is 12. The molecule has 0 atom stereocenters. The molecule has 0 bridgehead atoms. The van der Waals surface area contributed by atoms with Gasteiger partial charge in [0, 0.05) is 25.7 Å². The van der Waals surface area contributed by atoms with Crippen molar-refractivity contribution in [1.82, 2.24) is 19.9 Å². The smallest absolute Gasteiger partial charge is 0.300 e. The van der Waals surface area contributed by atoms with E-state index in [1.165, 1.54) is 6.26 Å². The van der Waals surface area contributed by atoms with Gasteiger partial charge < -0.3 is 39.5 Å². The highest BCUT2D eigenvalue weighted by molar-refractivity contribution is 6.05. The molecule has 0 radical (unpaired) electrons. The average molecular weight is 490 g/mol. The van der Waals surface area contributed by atoms with Crippen LogP contribution in [0.1, 0.15) is 10.5 Å². The van der Waals surface area contributed by atoms with E-state index < -0.39 is 5.91 Å². The maximum absolute atomic E-state index is 13.1. The van der Waals surface area contributed by atoms with Crippen molar-refractivity contribution in [1.29, 1.82) is 0 Å². The second kappa shape index (κ2) is 8.85. The van der Waals surface area contributed by atoms with Crippen molar-refractivity contribution in [3.63, 3.8) is 0 Å². The minimum absolute atomic E-state index is 0.0502. The summed E-state index contributed by atoms with van der Waals surface area (Å²) in [6.45, 7) is 3.17. The summed E-state index contributed by atoms with van der Waals surface area (Å²) in [5.41, 5.74) is 7.38. The van der Waals surface area contributed by atoms with Crippen LogP contribution < -0.4 is 20.9 Å². The number of ether oxygens (including phenoxy) is 1. The van der Waals surface area contributed by atoms with Crippen LogP contribution in [0.2, 0.25) is 0 Å². The number of aliphatic hydroxyl groups excluding tert-OH is 1. The second-order valence-corrected chi connectivity index (χ2v) is 8.29. The number of nitrogen functional groups attached to an aromatic ring is 1. The highest BCUT2D eigenvalue weighted by Crippen LogP contribution is 2.32. The monoisotopic (exact) mass is 490 g/mol. The Labute approximate surface area is 204 Å². The average Bonchev–Trinajstić information content (AvgIpc) is 3.63. The van der Waals surface area contributed by atoms with Gasteiger partial charge in [0.15, 0.2) is 17.1 Å². The molecule has 1 fully saturated rings. The fourth-order valence-electron chi connectivity index (χ4n) is 4.02. The van der Waals surface area contributed by atoms with Crippen LogP contribution in [0, 0.1) is 0 Å². The number of nitrogens with zero attached hydrogens (tertiary/aromatic N) is 6. The minimum atomic E-state index is -0.513. The molecule has 2 aliphatic rings. The van der Waals surface area contributed by atoms with Crippen molar-refractivity contribution in [2.24, 2.45) is 0 Å². The fraction of sp³-hybridized carbons (Fsp3) is 0.261. The number of fused-ring (bicyclic) bond motifs is 1. The summed E-state index contributed by atoms with van der Waals surface area (Å²) in [4.78, 5) is 34.5. The van der Waals surface area contributed by atoms with E-state index in [0.717, 1.165) is 0 Å². The van der Waals surface area contributed by atoms with Gasteiger partial charge >= 0.3 is 0 Å². The molecule has 1 saturated heterocycles. The van der Waals surface area contributed by atoms with Gasteiger partial charge in [-0.25, -0.2) is 15.0 Å². The summed E-state index contributed by atoms with van der Waals surface area (Å²) >= 11 is 0. The number of pyridine rings is 2. The molecule has 1 amide bonds. The lowest BCUT2D eigenvalue weighted by atomic mass is 10.3. The molecule has 184 valence electrons. The van der Waals surface area contributed by atoms with Crippen LogP contribution in [0.15, 0.2) is 51.2 Å². The normalized spacial score (nSPS) is 15.9. The standard InChI is InChI=1S/C23H22N8O5/c24-18-3-1-2-14(25-18)22-27-16(12-35-22)21(33)26-15-10-17-19(28-20(15)31-5-4-13(32)11-31)29-23(36-17)30-6-8-34-9-7-30/h1-4,10,12,32H,5-9,11H2,(H2,24,25)(H,26,33). The van der Waals surface area contributed by atoms with Gasteiger partial charge in [-0.05, 0) is 18.2 Å². The third-order valence-corrected chi connectivity index (χ3v) is 5.81. The maximum Gasteiger partial charge on any atom is 0.300 e.